The third kappa shape index (κ3) is 5.42. The molecule has 15 rings (SSSR count). The molecule has 0 atom stereocenters. The Bertz CT molecular complexity index is 4150. The van der Waals surface area contributed by atoms with Crippen molar-refractivity contribution >= 4 is 77.5 Å². The predicted molar refractivity (Wildman–Crippen MR) is 293 cm³/mol. The van der Waals surface area contributed by atoms with E-state index in [-0.39, 0.29) is 0 Å². The molecule has 0 saturated carbocycles. The number of hydrogen-bond donors (Lipinski definition) is 0. The van der Waals surface area contributed by atoms with Gasteiger partial charge in [0, 0.05) is 0 Å². The molecule has 0 nitrogen and oxygen atoms in total. The Hall–Kier alpha value is -7.49. The molecule has 315 valence electrons. The molecule has 2 heteroatoms. The summed E-state index contributed by atoms with van der Waals surface area (Å²) in [5.41, 5.74) is 23.2. The fourth-order valence-corrected chi connectivity index (χ4v) is 16.5. The molecule has 0 amide bonds. The van der Waals surface area contributed by atoms with Crippen molar-refractivity contribution in [1.29, 1.82) is 0 Å². The van der Waals surface area contributed by atoms with Crippen LogP contribution in [0.25, 0.3) is 110 Å². The molecule has 0 fully saturated rings. The molecular formula is C67H39Ge2. The van der Waals surface area contributed by atoms with Crippen LogP contribution in [0.5, 0.6) is 0 Å². The van der Waals surface area contributed by atoms with E-state index in [4.69, 9.17) is 0 Å². The van der Waals surface area contributed by atoms with Crippen LogP contribution in [-0.2, 0) is 5.41 Å². The second-order valence-electron chi connectivity index (χ2n) is 18.8. The number of hydrogen-bond acceptors (Lipinski definition) is 0. The molecule has 12 aromatic carbocycles. The molecule has 0 aromatic heterocycles. The van der Waals surface area contributed by atoms with Crippen molar-refractivity contribution in [2.45, 2.75) is 5.41 Å². The van der Waals surface area contributed by atoms with Gasteiger partial charge in [-0.2, -0.15) is 0 Å². The molecule has 69 heavy (non-hydrogen) atoms. The third-order valence-corrected chi connectivity index (χ3v) is 19.4. The summed E-state index contributed by atoms with van der Waals surface area (Å²) in [6.07, 6.45) is 0. The van der Waals surface area contributed by atoms with Crippen LogP contribution in [0.3, 0.4) is 0 Å². The molecule has 2 aliphatic carbocycles. The van der Waals surface area contributed by atoms with Crippen molar-refractivity contribution in [3.05, 3.63) is 259 Å². The van der Waals surface area contributed by atoms with Gasteiger partial charge in [-0.1, -0.05) is 66.7 Å². The fraction of sp³-hybridized carbons (Fsp3) is 0.0149. The van der Waals surface area contributed by atoms with Crippen LogP contribution in [-0.4, -0.2) is 31.9 Å². The average Bonchev–Trinajstić information content (AvgIpc) is 4.05. The summed E-state index contributed by atoms with van der Waals surface area (Å²) < 4.78 is 4.32. The van der Waals surface area contributed by atoms with Crippen LogP contribution < -0.4 is 13.2 Å². The first-order valence-corrected chi connectivity index (χ1v) is 27.1. The van der Waals surface area contributed by atoms with Gasteiger partial charge in [0.25, 0.3) is 0 Å². The molecule has 0 N–H and O–H groups in total. The van der Waals surface area contributed by atoms with Crippen molar-refractivity contribution in [3.8, 4) is 77.9 Å². The first kappa shape index (κ1) is 39.5. The summed E-state index contributed by atoms with van der Waals surface area (Å²) in [7, 11) is 0. The van der Waals surface area contributed by atoms with Crippen molar-refractivity contribution in [3.63, 3.8) is 0 Å². The summed E-state index contributed by atoms with van der Waals surface area (Å²) >= 11 is 1.79. The van der Waals surface area contributed by atoms with E-state index >= 15 is 0 Å². The summed E-state index contributed by atoms with van der Waals surface area (Å²) in [4.78, 5) is 0. The van der Waals surface area contributed by atoms with Crippen LogP contribution >= 0.6 is 0 Å². The summed E-state index contributed by atoms with van der Waals surface area (Å²) in [5.74, 6) is 0. The minimum atomic E-state index is -0.548. The topological polar surface area (TPSA) is 0 Å². The number of fused-ring (bicyclic) bond motifs is 17. The normalized spacial score (nSPS) is 13.3. The molecule has 1 spiro atoms. The Morgan fingerprint density at radius 3 is 1.48 bits per heavy atom. The third-order valence-electron chi connectivity index (χ3n) is 15.6. The molecule has 3 aliphatic rings. The summed E-state index contributed by atoms with van der Waals surface area (Å²) in [5, 5.41) is 7.63. The Balaban J connectivity index is 1.12. The van der Waals surface area contributed by atoms with Gasteiger partial charge in [0.15, 0.2) is 0 Å². The van der Waals surface area contributed by atoms with E-state index in [1.165, 1.54) is 146 Å². The maximum atomic E-state index is 2.55. The van der Waals surface area contributed by atoms with Crippen molar-refractivity contribution in [2.75, 3.05) is 0 Å². The minimum absolute atomic E-state index is 0.447. The Morgan fingerprint density at radius 1 is 0.275 bits per heavy atom. The molecule has 0 unspecified atom stereocenters. The average molecular weight is 989 g/mol. The van der Waals surface area contributed by atoms with Gasteiger partial charge in [-0.15, -0.1) is 0 Å². The monoisotopic (exact) mass is 991 g/mol. The zero-order valence-electron chi connectivity index (χ0n) is 37.5. The molecule has 1 heterocycles. The quantitative estimate of drug-likeness (QED) is 0.122. The van der Waals surface area contributed by atoms with Crippen LogP contribution in [0.4, 0.5) is 0 Å². The standard InChI is InChI=1S/C67H39Ge2/c68-60-34-11-7-23-48(60)43-20-4-3-19-42(43)44-25-13-27-50-55(44)39-56-45(49-29-16-36-62-65(49)52-24-8-12-35-61(52)69-62)26-14-28-51(56)63(50)53-30-15-31-54-64-41-18-2-1-17-40(41)37-38-59(64)67(66(53)54)57-32-9-5-21-46(57)47-22-6-10-33-58(47)67/h1-39H. The van der Waals surface area contributed by atoms with Crippen LogP contribution in [0.15, 0.2) is 237 Å². The van der Waals surface area contributed by atoms with E-state index < -0.39 is 20.8 Å². The van der Waals surface area contributed by atoms with E-state index in [0.29, 0.717) is 0 Å². The summed E-state index contributed by atoms with van der Waals surface area (Å²) in [6, 6.07) is 90.3. The second kappa shape index (κ2) is 15.0. The van der Waals surface area contributed by atoms with Gasteiger partial charge in [0.1, 0.15) is 0 Å². The van der Waals surface area contributed by atoms with Crippen LogP contribution in [0, 0.1) is 0 Å². The van der Waals surface area contributed by atoms with Gasteiger partial charge in [-0.05, 0) is 5.39 Å². The zero-order valence-corrected chi connectivity index (χ0v) is 41.7. The first-order valence-electron chi connectivity index (χ1n) is 23.9. The zero-order chi connectivity index (χ0) is 45.4. The predicted octanol–water partition coefficient (Wildman–Crippen LogP) is 14.6. The molecule has 0 bridgehead atoms. The van der Waals surface area contributed by atoms with E-state index in [1.54, 1.807) is 0 Å². The fourth-order valence-electron chi connectivity index (χ4n) is 12.9. The van der Waals surface area contributed by atoms with Gasteiger partial charge in [0.2, 0.25) is 0 Å². The van der Waals surface area contributed by atoms with Crippen molar-refractivity contribution < 1.29 is 0 Å². The molecular weight excluding hydrogens is 950 g/mol. The number of rotatable bonds is 4. The molecule has 0 saturated heterocycles. The van der Waals surface area contributed by atoms with Gasteiger partial charge in [-0.25, -0.2) is 0 Å². The van der Waals surface area contributed by atoms with Crippen molar-refractivity contribution in [1.82, 2.24) is 0 Å². The first-order chi connectivity index (χ1) is 34.2. The van der Waals surface area contributed by atoms with E-state index in [1.807, 2.05) is 0 Å². The number of benzene rings is 12. The molecule has 12 aromatic rings. The van der Waals surface area contributed by atoms with E-state index in [9.17, 15) is 0 Å². The van der Waals surface area contributed by atoms with Gasteiger partial charge < -0.3 is 0 Å². The van der Waals surface area contributed by atoms with Crippen LogP contribution in [0.2, 0.25) is 0 Å². The SMILES string of the molecule is [Ge][c]1ccccc1-c1ccccc1-c1cccc2c(-c3cccc4c3C3(c5ccccc5-c5ccccc53)c3ccc5ccccc5c3-4)c3cccc(-c4ccc[c]5c4-c4cccc[c]4[Ge]5)c3cc12. The van der Waals surface area contributed by atoms with Gasteiger partial charge >= 0.3 is 347 Å². The molecule has 1 aliphatic heterocycles. The summed E-state index contributed by atoms with van der Waals surface area (Å²) in [6.45, 7) is 0. The van der Waals surface area contributed by atoms with Gasteiger partial charge in [-0.3, -0.25) is 0 Å². The van der Waals surface area contributed by atoms with E-state index in [2.05, 4.69) is 253 Å². The van der Waals surface area contributed by atoms with Crippen LogP contribution in [0.1, 0.15) is 22.3 Å². The van der Waals surface area contributed by atoms with Crippen molar-refractivity contribution in [2.24, 2.45) is 0 Å². The van der Waals surface area contributed by atoms with E-state index in [0.717, 1.165) is 0 Å². The molecule has 5 radical (unpaired) electrons. The Morgan fingerprint density at radius 2 is 0.754 bits per heavy atom. The maximum absolute atomic E-state index is 2.55. The Kier molecular flexibility index (Phi) is 8.59. The second-order valence-corrected chi connectivity index (χ2v) is 22.7. The Labute approximate surface area is 416 Å². The van der Waals surface area contributed by atoms with Gasteiger partial charge in [0.05, 0.1) is 0 Å².